The van der Waals surface area contributed by atoms with Crippen molar-refractivity contribution in [1.29, 1.82) is 0 Å². The van der Waals surface area contributed by atoms with E-state index in [0.29, 0.717) is 5.69 Å². The second-order valence-electron chi connectivity index (χ2n) is 3.37. The number of rotatable bonds is 5. The molecule has 1 aromatic carbocycles. The van der Waals surface area contributed by atoms with Crippen molar-refractivity contribution < 1.29 is 22.3 Å². The molecule has 0 bridgehead atoms. The Morgan fingerprint density at radius 2 is 1.94 bits per heavy atom. The number of halogens is 4. The molecule has 0 saturated heterocycles. The molecule has 0 radical (unpaired) electrons. The van der Waals surface area contributed by atoms with Gasteiger partial charge in [0.25, 0.3) is 0 Å². The highest BCUT2D eigenvalue weighted by Gasteiger charge is 2.27. The summed E-state index contributed by atoms with van der Waals surface area (Å²) in [6, 6.07) is 3.82. The zero-order valence-corrected chi connectivity index (χ0v) is 8.85. The fourth-order valence-electron chi connectivity index (χ4n) is 1.17. The Labute approximate surface area is 95.6 Å². The summed E-state index contributed by atoms with van der Waals surface area (Å²) in [5.74, 6) is -0.510. The van der Waals surface area contributed by atoms with E-state index < -0.39 is 18.6 Å². The quantitative estimate of drug-likeness (QED) is 0.480. The van der Waals surface area contributed by atoms with Crippen LogP contribution in [0.15, 0.2) is 18.2 Å². The van der Waals surface area contributed by atoms with E-state index in [9.17, 15) is 17.6 Å². The van der Waals surface area contributed by atoms with Gasteiger partial charge in [-0.1, -0.05) is 0 Å². The topological polar surface area (TPSA) is 47.3 Å². The van der Waals surface area contributed by atoms with Gasteiger partial charge in [-0.15, -0.1) is 0 Å². The van der Waals surface area contributed by atoms with Gasteiger partial charge in [0.2, 0.25) is 0 Å². The highest BCUT2D eigenvalue weighted by molar-refractivity contribution is 5.54. The van der Waals surface area contributed by atoms with Crippen molar-refractivity contribution in [2.75, 3.05) is 30.8 Å². The van der Waals surface area contributed by atoms with Gasteiger partial charge in [0.15, 0.2) is 0 Å². The molecule has 96 valence electrons. The largest absolute Gasteiger partial charge is 0.411 e. The van der Waals surface area contributed by atoms with Crippen LogP contribution >= 0.6 is 0 Å². The van der Waals surface area contributed by atoms with Crippen molar-refractivity contribution in [2.24, 2.45) is 0 Å². The van der Waals surface area contributed by atoms with Crippen LogP contribution in [0.4, 0.5) is 28.9 Å². The molecular formula is C10H12F4N2O. The van der Waals surface area contributed by atoms with E-state index in [1.165, 1.54) is 12.1 Å². The first-order valence-electron chi connectivity index (χ1n) is 4.81. The number of benzene rings is 1. The number of nitrogens with one attached hydrogen (secondary N) is 1. The predicted octanol–water partition coefficient (Wildman–Crippen LogP) is 2.40. The molecule has 0 atom stereocenters. The SMILES string of the molecule is Nc1cc(F)cc(NCCOCC(F)(F)F)c1. The van der Waals surface area contributed by atoms with E-state index in [4.69, 9.17) is 5.73 Å². The van der Waals surface area contributed by atoms with Crippen LogP contribution in [0.5, 0.6) is 0 Å². The maximum Gasteiger partial charge on any atom is 0.411 e. The maximum absolute atomic E-state index is 12.9. The number of ether oxygens (including phenoxy) is 1. The third-order valence-electron chi connectivity index (χ3n) is 1.76. The Kier molecular flexibility index (Phi) is 4.56. The third kappa shape index (κ3) is 5.96. The summed E-state index contributed by atoms with van der Waals surface area (Å²) in [4.78, 5) is 0. The van der Waals surface area contributed by atoms with Gasteiger partial charge >= 0.3 is 6.18 Å². The van der Waals surface area contributed by atoms with Gasteiger partial charge in [0.1, 0.15) is 12.4 Å². The number of hydrogen-bond acceptors (Lipinski definition) is 3. The van der Waals surface area contributed by atoms with Crippen molar-refractivity contribution in [3.8, 4) is 0 Å². The molecule has 3 nitrogen and oxygen atoms in total. The lowest BCUT2D eigenvalue weighted by Crippen LogP contribution is -2.20. The lowest BCUT2D eigenvalue weighted by molar-refractivity contribution is -0.172. The van der Waals surface area contributed by atoms with Gasteiger partial charge in [-0.25, -0.2) is 4.39 Å². The Morgan fingerprint density at radius 3 is 2.53 bits per heavy atom. The summed E-state index contributed by atoms with van der Waals surface area (Å²) in [6.07, 6.45) is -4.33. The zero-order chi connectivity index (χ0) is 12.9. The van der Waals surface area contributed by atoms with E-state index in [1.807, 2.05) is 0 Å². The van der Waals surface area contributed by atoms with Gasteiger partial charge in [-0.2, -0.15) is 13.2 Å². The minimum Gasteiger partial charge on any atom is -0.399 e. The Morgan fingerprint density at radius 1 is 1.24 bits per heavy atom. The molecule has 0 aromatic heterocycles. The molecule has 17 heavy (non-hydrogen) atoms. The second kappa shape index (κ2) is 5.72. The number of hydrogen-bond donors (Lipinski definition) is 2. The molecule has 7 heteroatoms. The normalized spacial score (nSPS) is 11.5. The number of nitrogens with two attached hydrogens (primary N) is 1. The van der Waals surface area contributed by atoms with Crippen LogP contribution in [0.2, 0.25) is 0 Å². The molecular weight excluding hydrogens is 240 g/mol. The first-order valence-corrected chi connectivity index (χ1v) is 4.81. The second-order valence-corrected chi connectivity index (χ2v) is 3.37. The molecule has 1 aromatic rings. The van der Waals surface area contributed by atoms with E-state index in [2.05, 4.69) is 10.1 Å². The Hall–Kier alpha value is -1.50. The summed E-state index contributed by atoms with van der Waals surface area (Å²) in [6.45, 7) is -1.28. The predicted molar refractivity (Wildman–Crippen MR) is 56.2 cm³/mol. The monoisotopic (exact) mass is 252 g/mol. The van der Waals surface area contributed by atoms with Crippen LogP contribution in [-0.2, 0) is 4.74 Å². The van der Waals surface area contributed by atoms with Crippen LogP contribution in [0.3, 0.4) is 0 Å². The summed E-state index contributed by atoms with van der Waals surface area (Å²) in [5.41, 5.74) is 6.03. The van der Waals surface area contributed by atoms with E-state index >= 15 is 0 Å². The van der Waals surface area contributed by atoms with Crippen LogP contribution in [0.25, 0.3) is 0 Å². The molecule has 0 aliphatic rings. The third-order valence-corrected chi connectivity index (χ3v) is 1.76. The summed E-state index contributed by atoms with van der Waals surface area (Å²) in [5, 5.41) is 2.70. The van der Waals surface area contributed by atoms with Crippen LogP contribution in [0, 0.1) is 5.82 Å². The Bertz CT molecular complexity index is 348. The molecule has 0 unspecified atom stereocenters. The molecule has 0 fully saturated rings. The van der Waals surface area contributed by atoms with Crippen LogP contribution in [-0.4, -0.2) is 25.9 Å². The van der Waals surface area contributed by atoms with Gasteiger partial charge in [-0.05, 0) is 18.2 Å². The summed E-state index contributed by atoms with van der Waals surface area (Å²) >= 11 is 0. The molecule has 0 heterocycles. The number of alkyl halides is 3. The minimum absolute atomic E-state index is 0.129. The first-order chi connectivity index (χ1) is 7.87. The summed E-state index contributed by atoms with van der Waals surface area (Å²) in [7, 11) is 0. The zero-order valence-electron chi connectivity index (χ0n) is 8.85. The fraction of sp³-hybridized carbons (Fsp3) is 0.400. The van der Waals surface area contributed by atoms with E-state index in [1.54, 1.807) is 0 Å². The molecule has 0 saturated carbocycles. The smallest absolute Gasteiger partial charge is 0.399 e. The van der Waals surface area contributed by atoms with Gasteiger partial charge in [-0.3, -0.25) is 0 Å². The minimum atomic E-state index is -4.33. The fourth-order valence-corrected chi connectivity index (χ4v) is 1.17. The van der Waals surface area contributed by atoms with Crippen molar-refractivity contribution in [1.82, 2.24) is 0 Å². The van der Waals surface area contributed by atoms with Crippen LogP contribution < -0.4 is 11.1 Å². The molecule has 0 spiro atoms. The maximum atomic E-state index is 12.9. The average Bonchev–Trinajstić information content (AvgIpc) is 2.13. The Balaban J connectivity index is 2.27. The number of anilines is 2. The molecule has 0 aliphatic heterocycles. The van der Waals surface area contributed by atoms with E-state index in [-0.39, 0.29) is 18.8 Å². The van der Waals surface area contributed by atoms with Crippen LogP contribution in [0.1, 0.15) is 0 Å². The molecule has 1 rings (SSSR count). The van der Waals surface area contributed by atoms with Crippen molar-refractivity contribution in [3.63, 3.8) is 0 Å². The van der Waals surface area contributed by atoms with Gasteiger partial charge < -0.3 is 15.8 Å². The highest BCUT2D eigenvalue weighted by atomic mass is 19.4. The lowest BCUT2D eigenvalue weighted by atomic mass is 10.2. The first kappa shape index (κ1) is 13.6. The van der Waals surface area contributed by atoms with Crippen molar-refractivity contribution in [3.05, 3.63) is 24.0 Å². The summed E-state index contributed by atoms with van der Waals surface area (Å²) < 4.78 is 52.3. The molecule has 0 amide bonds. The standard InChI is InChI=1S/C10H12F4N2O/c11-7-3-8(15)5-9(4-7)16-1-2-17-6-10(12,13)14/h3-5,16H,1-2,6,15H2. The van der Waals surface area contributed by atoms with Gasteiger partial charge in [0.05, 0.1) is 6.61 Å². The van der Waals surface area contributed by atoms with Gasteiger partial charge in [0, 0.05) is 17.9 Å². The molecule has 0 aliphatic carbocycles. The van der Waals surface area contributed by atoms with Crippen molar-refractivity contribution in [2.45, 2.75) is 6.18 Å². The number of nitrogen functional groups attached to an aromatic ring is 1. The lowest BCUT2D eigenvalue weighted by Gasteiger charge is -2.09. The van der Waals surface area contributed by atoms with Crippen molar-refractivity contribution >= 4 is 11.4 Å². The highest BCUT2D eigenvalue weighted by Crippen LogP contribution is 2.16. The average molecular weight is 252 g/mol. The van der Waals surface area contributed by atoms with E-state index in [0.717, 1.165) is 6.07 Å². The molecule has 3 N–H and O–H groups in total.